The number of nitrogens with one attached hydrogen (secondary N) is 1. The van der Waals surface area contributed by atoms with Gasteiger partial charge in [0.2, 0.25) is 0 Å². The Morgan fingerprint density at radius 3 is 3.11 bits per heavy atom. The highest BCUT2D eigenvalue weighted by Crippen LogP contribution is 1.99. The molecule has 1 aliphatic heterocycles. The van der Waals surface area contributed by atoms with Gasteiger partial charge in [-0.1, -0.05) is 0 Å². The normalized spacial score (nSPS) is 17.7. The zero-order chi connectivity index (χ0) is 6.53. The number of hydrogen-bond acceptors (Lipinski definition) is 3. The lowest BCUT2D eigenvalue weighted by molar-refractivity contribution is 0.300. The molecule has 2 N–H and O–H groups in total. The predicted molar refractivity (Wildman–Crippen MR) is 36.6 cm³/mol. The van der Waals surface area contributed by atoms with Crippen LogP contribution in [0, 0.1) is 0 Å². The molecule has 3 nitrogen and oxygen atoms in total. The van der Waals surface area contributed by atoms with Crippen molar-refractivity contribution >= 4 is 5.84 Å². The summed E-state index contributed by atoms with van der Waals surface area (Å²) < 4.78 is 0. The number of amidine groups is 1. The lowest BCUT2D eigenvalue weighted by atomic mass is 10.3. The van der Waals surface area contributed by atoms with Crippen molar-refractivity contribution in [2.24, 2.45) is 4.99 Å². The van der Waals surface area contributed by atoms with E-state index in [2.05, 4.69) is 10.3 Å². The SMILES string of the molecule is OCCNC1=NCCC1. The van der Waals surface area contributed by atoms with Gasteiger partial charge in [0.1, 0.15) is 0 Å². The maximum atomic E-state index is 8.41. The molecule has 0 spiro atoms. The zero-order valence-electron chi connectivity index (χ0n) is 5.43. The lowest BCUT2D eigenvalue weighted by Gasteiger charge is -2.00. The first-order chi connectivity index (χ1) is 4.43. The summed E-state index contributed by atoms with van der Waals surface area (Å²) in [5.74, 6) is 1.06. The van der Waals surface area contributed by atoms with E-state index in [0.717, 1.165) is 25.2 Å². The molecule has 0 aromatic rings. The number of nitrogens with zero attached hydrogens (tertiary/aromatic N) is 1. The Labute approximate surface area is 54.8 Å². The molecule has 0 aliphatic carbocycles. The third kappa shape index (κ3) is 2.01. The summed E-state index contributed by atoms with van der Waals surface area (Å²) in [6.45, 7) is 1.78. The van der Waals surface area contributed by atoms with Gasteiger partial charge in [-0.05, 0) is 6.42 Å². The zero-order valence-corrected chi connectivity index (χ0v) is 5.43. The molecule has 1 rings (SSSR count). The molecule has 0 unspecified atom stereocenters. The smallest absolute Gasteiger partial charge is 0.0964 e. The van der Waals surface area contributed by atoms with Crippen LogP contribution in [0.2, 0.25) is 0 Å². The summed E-state index contributed by atoms with van der Waals surface area (Å²) in [4.78, 5) is 4.17. The third-order valence-corrected chi connectivity index (χ3v) is 1.32. The number of rotatable bonds is 2. The Morgan fingerprint density at radius 1 is 1.67 bits per heavy atom. The molecule has 0 aromatic carbocycles. The van der Waals surface area contributed by atoms with Crippen molar-refractivity contribution in [1.82, 2.24) is 5.32 Å². The van der Waals surface area contributed by atoms with Crippen molar-refractivity contribution in [1.29, 1.82) is 0 Å². The minimum absolute atomic E-state index is 0.193. The quantitative estimate of drug-likeness (QED) is 0.539. The minimum atomic E-state index is 0.193. The second-order valence-corrected chi connectivity index (χ2v) is 2.08. The first-order valence-corrected chi connectivity index (χ1v) is 3.31. The van der Waals surface area contributed by atoms with Gasteiger partial charge in [-0.15, -0.1) is 0 Å². The van der Waals surface area contributed by atoms with Gasteiger partial charge >= 0.3 is 0 Å². The Balaban J connectivity index is 2.11. The highest BCUT2D eigenvalue weighted by Gasteiger charge is 2.02. The van der Waals surface area contributed by atoms with Crippen LogP contribution in [0.4, 0.5) is 0 Å². The van der Waals surface area contributed by atoms with Crippen molar-refractivity contribution in [2.45, 2.75) is 12.8 Å². The van der Waals surface area contributed by atoms with E-state index >= 15 is 0 Å². The van der Waals surface area contributed by atoms with E-state index in [0.29, 0.717) is 6.54 Å². The fourth-order valence-corrected chi connectivity index (χ4v) is 0.884. The Kier molecular flexibility index (Phi) is 2.51. The van der Waals surface area contributed by atoms with Crippen LogP contribution >= 0.6 is 0 Å². The second kappa shape index (κ2) is 3.45. The number of aliphatic hydroxyl groups excluding tert-OH is 1. The van der Waals surface area contributed by atoms with Gasteiger partial charge in [0, 0.05) is 19.5 Å². The van der Waals surface area contributed by atoms with Gasteiger partial charge in [0.05, 0.1) is 12.4 Å². The van der Waals surface area contributed by atoms with Gasteiger partial charge in [-0.2, -0.15) is 0 Å². The summed E-state index contributed by atoms with van der Waals surface area (Å²) >= 11 is 0. The molecule has 0 radical (unpaired) electrons. The molecule has 1 heterocycles. The van der Waals surface area contributed by atoms with Crippen LogP contribution in [0.3, 0.4) is 0 Å². The molecule has 0 atom stereocenters. The van der Waals surface area contributed by atoms with Crippen LogP contribution in [0.25, 0.3) is 0 Å². The van der Waals surface area contributed by atoms with Crippen LogP contribution in [0.1, 0.15) is 12.8 Å². The minimum Gasteiger partial charge on any atom is -0.395 e. The molecule has 0 amide bonds. The van der Waals surface area contributed by atoms with E-state index in [1.165, 1.54) is 0 Å². The van der Waals surface area contributed by atoms with Crippen LogP contribution in [0.5, 0.6) is 0 Å². The number of aliphatic hydroxyl groups is 1. The van der Waals surface area contributed by atoms with E-state index in [1.54, 1.807) is 0 Å². The molecule has 0 saturated heterocycles. The maximum absolute atomic E-state index is 8.41. The van der Waals surface area contributed by atoms with Crippen molar-refractivity contribution in [3.8, 4) is 0 Å². The van der Waals surface area contributed by atoms with Gasteiger partial charge in [-0.25, -0.2) is 0 Å². The van der Waals surface area contributed by atoms with Gasteiger partial charge in [0.25, 0.3) is 0 Å². The Hall–Kier alpha value is -0.570. The van der Waals surface area contributed by atoms with E-state index in [4.69, 9.17) is 5.11 Å². The molecule has 3 heteroatoms. The first-order valence-electron chi connectivity index (χ1n) is 3.31. The van der Waals surface area contributed by atoms with Crippen molar-refractivity contribution in [3.63, 3.8) is 0 Å². The predicted octanol–water partition coefficient (Wildman–Crippen LogP) is -0.239. The molecule has 9 heavy (non-hydrogen) atoms. The van der Waals surface area contributed by atoms with E-state index in [9.17, 15) is 0 Å². The fourth-order valence-electron chi connectivity index (χ4n) is 0.884. The van der Waals surface area contributed by atoms with E-state index in [-0.39, 0.29) is 6.61 Å². The lowest BCUT2D eigenvalue weighted by Crippen LogP contribution is -2.24. The summed E-state index contributed by atoms with van der Waals surface area (Å²) in [5, 5.41) is 11.4. The monoisotopic (exact) mass is 128 g/mol. The molecule has 0 saturated carbocycles. The molecule has 52 valence electrons. The van der Waals surface area contributed by atoms with Crippen molar-refractivity contribution in [2.75, 3.05) is 19.7 Å². The third-order valence-electron chi connectivity index (χ3n) is 1.32. The fraction of sp³-hybridized carbons (Fsp3) is 0.833. The Morgan fingerprint density at radius 2 is 2.56 bits per heavy atom. The van der Waals surface area contributed by atoms with Crippen LogP contribution in [-0.2, 0) is 0 Å². The highest BCUT2D eigenvalue weighted by atomic mass is 16.3. The van der Waals surface area contributed by atoms with E-state index < -0.39 is 0 Å². The summed E-state index contributed by atoms with van der Waals surface area (Å²) in [7, 11) is 0. The van der Waals surface area contributed by atoms with Gasteiger partial charge in [0.15, 0.2) is 0 Å². The molecular formula is C6H12N2O. The molecule has 0 bridgehead atoms. The van der Waals surface area contributed by atoms with Crippen LogP contribution < -0.4 is 5.32 Å². The van der Waals surface area contributed by atoms with Crippen molar-refractivity contribution in [3.05, 3.63) is 0 Å². The molecule has 0 aromatic heterocycles. The van der Waals surface area contributed by atoms with Crippen molar-refractivity contribution < 1.29 is 5.11 Å². The largest absolute Gasteiger partial charge is 0.395 e. The van der Waals surface area contributed by atoms with Crippen LogP contribution in [-0.4, -0.2) is 30.6 Å². The van der Waals surface area contributed by atoms with E-state index in [1.807, 2.05) is 0 Å². The maximum Gasteiger partial charge on any atom is 0.0964 e. The highest BCUT2D eigenvalue weighted by molar-refractivity contribution is 5.83. The second-order valence-electron chi connectivity index (χ2n) is 2.08. The first kappa shape index (κ1) is 6.55. The average Bonchev–Trinajstić information content (AvgIpc) is 2.34. The van der Waals surface area contributed by atoms with Gasteiger partial charge < -0.3 is 10.4 Å². The summed E-state index contributed by atoms with van der Waals surface area (Å²) in [6.07, 6.45) is 2.22. The molecule has 1 aliphatic rings. The van der Waals surface area contributed by atoms with Crippen LogP contribution in [0.15, 0.2) is 4.99 Å². The Bertz CT molecular complexity index is 112. The van der Waals surface area contributed by atoms with Gasteiger partial charge in [-0.3, -0.25) is 4.99 Å². The molecular weight excluding hydrogens is 116 g/mol. The average molecular weight is 128 g/mol. The molecule has 0 fully saturated rings. The topological polar surface area (TPSA) is 44.6 Å². The number of aliphatic imine (C=N–C) groups is 1. The summed E-state index contributed by atoms with van der Waals surface area (Å²) in [5.41, 5.74) is 0. The number of hydrogen-bond donors (Lipinski definition) is 2. The summed E-state index contributed by atoms with van der Waals surface area (Å²) in [6, 6.07) is 0. The standard InChI is InChI=1S/C6H12N2O/c9-5-4-8-6-2-1-3-7-6/h9H,1-5H2,(H,7,8).